The third kappa shape index (κ3) is 3.86. The zero-order valence-corrected chi connectivity index (χ0v) is 15.6. The standard InChI is InChI=1S/C20H23N3O4/c1-13-6-8-15(9-7-13)20(3)18(25)23(19(26)22-20)12-17(24)21-14(2)11-16-5-4-10-27-16/h4-10,14H,11-12H2,1-3H3,(H,21,24)(H,22,26). The van der Waals surface area contributed by atoms with Crippen molar-refractivity contribution in [3.8, 4) is 0 Å². The van der Waals surface area contributed by atoms with Crippen molar-refractivity contribution in [3.05, 3.63) is 59.5 Å². The van der Waals surface area contributed by atoms with Crippen LogP contribution in [-0.2, 0) is 21.5 Å². The fourth-order valence-electron chi connectivity index (χ4n) is 3.17. The van der Waals surface area contributed by atoms with Gasteiger partial charge in [0.15, 0.2) is 0 Å². The molecule has 0 aliphatic carbocycles. The van der Waals surface area contributed by atoms with Gasteiger partial charge in [0.2, 0.25) is 5.91 Å². The summed E-state index contributed by atoms with van der Waals surface area (Å²) in [5, 5.41) is 5.49. The van der Waals surface area contributed by atoms with E-state index in [1.807, 2.05) is 44.2 Å². The van der Waals surface area contributed by atoms with Crippen molar-refractivity contribution < 1.29 is 18.8 Å². The van der Waals surface area contributed by atoms with Crippen molar-refractivity contribution in [2.45, 2.75) is 38.8 Å². The van der Waals surface area contributed by atoms with Crippen LogP contribution in [0.2, 0.25) is 0 Å². The Kier molecular flexibility index (Phi) is 5.03. The molecule has 2 aromatic rings. The highest BCUT2D eigenvalue weighted by Crippen LogP contribution is 2.28. The number of nitrogens with zero attached hydrogens (tertiary/aromatic N) is 1. The van der Waals surface area contributed by atoms with E-state index < -0.39 is 23.4 Å². The highest BCUT2D eigenvalue weighted by atomic mass is 16.3. The van der Waals surface area contributed by atoms with E-state index in [9.17, 15) is 14.4 Å². The van der Waals surface area contributed by atoms with Gasteiger partial charge in [-0.05, 0) is 38.5 Å². The SMILES string of the molecule is Cc1ccc(C2(C)NC(=O)N(CC(=O)NC(C)Cc3ccco3)C2=O)cc1. The summed E-state index contributed by atoms with van der Waals surface area (Å²) in [5.41, 5.74) is 0.562. The molecule has 1 aromatic heterocycles. The molecule has 1 saturated heterocycles. The number of imide groups is 1. The molecule has 7 heteroatoms. The molecule has 1 aliphatic rings. The van der Waals surface area contributed by atoms with E-state index in [-0.39, 0.29) is 12.6 Å². The first-order valence-electron chi connectivity index (χ1n) is 8.82. The number of aryl methyl sites for hydroxylation is 1. The van der Waals surface area contributed by atoms with Gasteiger partial charge in [0.05, 0.1) is 6.26 Å². The molecule has 0 saturated carbocycles. The highest BCUT2D eigenvalue weighted by Gasteiger charge is 2.49. The Hall–Kier alpha value is -3.09. The average molecular weight is 369 g/mol. The van der Waals surface area contributed by atoms with Gasteiger partial charge in [-0.2, -0.15) is 0 Å². The lowest BCUT2D eigenvalue weighted by Crippen LogP contribution is -2.45. The number of hydrogen-bond donors (Lipinski definition) is 2. The maximum atomic E-state index is 12.8. The maximum Gasteiger partial charge on any atom is 0.325 e. The monoisotopic (exact) mass is 369 g/mol. The van der Waals surface area contributed by atoms with Crippen molar-refractivity contribution in [2.75, 3.05) is 6.54 Å². The molecule has 27 heavy (non-hydrogen) atoms. The van der Waals surface area contributed by atoms with Gasteiger partial charge in [0.1, 0.15) is 17.8 Å². The molecule has 1 aromatic carbocycles. The Balaban J connectivity index is 1.64. The molecular formula is C20H23N3O4. The van der Waals surface area contributed by atoms with Crippen LogP contribution >= 0.6 is 0 Å². The summed E-state index contributed by atoms with van der Waals surface area (Å²) in [6, 6.07) is 10.2. The van der Waals surface area contributed by atoms with E-state index in [1.165, 1.54) is 0 Å². The topological polar surface area (TPSA) is 91.7 Å². The van der Waals surface area contributed by atoms with E-state index in [0.717, 1.165) is 16.2 Å². The second kappa shape index (κ2) is 7.26. The van der Waals surface area contributed by atoms with Gasteiger partial charge < -0.3 is 15.1 Å². The van der Waals surface area contributed by atoms with Gasteiger partial charge >= 0.3 is 6.03 Å². The Morgan fingerprint density at radius 1 is 1.26 bits per heavy atom. The van der Waals surface area contributed by atoms with E-state index in [4.69, 9.17) is 4.42 Å². The van der Waals surface area contributed by atoms with E-state index >= 15 is 0 Å². The zero-order valence-electron chi connectivity index (χ0n) is 15.6. The number of carbonyl (C=O) groups excluding carboxylic acids is 3. The van der Waals surface area contributed by atoms with Crippen LogP contribution in [0.1, 0.15) is 30.7 Å². The van der Waals surface area contributed by atoms with Crippen LogP contribution in [0.25, 0.3) is 0 Å². The Labute approximate surface area is 157 Å². The van der Waals surface area contributed by atoms with Gasteiger partial charge in [-0.15, -0.1) is 0 Å². The van der Waals surface area contributed by atoms with E-state index in [2.05, 4.69) is 10.6 Å². The molecule has 7 nitrogen and oxygen atoms in total. The third-order valence-corrected chi connectivity index (χ3v) is 4.70. The minimum atomic E-state index is -1.18. The van der Waals surface area contributed by atoms with Gasteiger partial charge in [-0.1, -0.05) is 29.8 Å². The second-order valence-corrected chi connectivity index (χ2v) is 7.06. The van der Waals surface area contributed by atoms with Crippen LogP contribution < -0.4 is 10.6 Å². The zero-order chi connectivity index (χ0) is 19.6. The molecule has 4 amide bonds. The largest absolute Gasteiger partial charge is 0.469 e. The molecule has 2 atom stereocenters. The molecule has 0 bridgehead atoms. The normalized spacial score (nSPS) is 20.5. The first kappa shape index (κ1) is 18.7. The van der Waals surface area contributed by atoms with Crippen molar-refractivity contribution in [1.29, 1.82) is 0 Å². The fourth-order valence-corrected chi connectivity index (χ4v) is 3.17. The minimum absolute atomic E-state index is 0.187. The predicted octanol–water partition coefficient (Wildman–Crippen LogP) is 2.10. The van der Waals surface area contributed by atoms with E-state index in [0.29, 0.717) is 12.0 Å². The summed E-state index contributed by atoms with van der Waals surface area (Å²) in [6.45, 7) is 5.11. The van der Waals surface area contributed by atoms with Crippen molar-refractivity contribution in [3.63, 3.8) is 0 Å². The fraction of sp³-hybridized carbons (Fsp3) is 0.350. The first-order chi connectivity index (χ1) is 12.8. The molecule has 3 rings (SSSR count). The van der Waals surface area contributed by atoms with Crippen LogP contribution in [-0.4, -0.2) is 35.3 Å². The molecule has 2 N–H and O–H groups in total. The Morgan fingerprint density at radius 3 is 2.59 bits per heavy atom. The summed E-state index contributed by atoms with van der Waals surface area (Å²) in [6.07, 6.45) is 2.10. The maximum absolute atomic E-state index is 12.8. The molecule has 2 heterocycles. The average Bonchev–Trinajstić information content (AvgIpc) is 3.18. The highest BCUT2D eigenvalue weighted by molar-refractivity contribution is 6.09. The van der Waals surface area contributed by atoms with Crippen LogP contribution in [0.15, 0.2) is 47.1 Å². The molecule has 0 radical (unpaired) electrons. The molecule has 2 unspecified atom stereocenters. The quantitative estimate of drug-likeness (QED) is 0.763. The van der Waals surface area contributed by atoms with Gasteiger partial charge in [-0.3, -0.25) is 14.5 Å². The van der Waals surface area contributed by atoms with Crippen molar-refractivity contribution in [1.82, 2.24) is 15.5 Å². The lowest BCUT2D eigenvalue weighted by atomic mass is 9.91. The minimum Gasteiger partial charge on any atom is -0.469 e. The van der Waals surface area contributed by atoms with Crippen molar-refractivity contribution >= 4 is 17.8 Å². The second-order valence-electron chi connectivity index (χ2n) is 7.06. The molecule has 1 aliphatic heterocycles. The van der Waals surface area contributed by atoms with Crippen LogP contribution in [0.4, 0.5) is 4.79 Å². The summed E-state index contributed by atoms with van der Waals surface area (Å²) >= 11 is 0. The third-order valence-electron chi connectivity index (χ3n) is 4.70. The van der Waals surface area contributed by atoms with Crippen molar-refractivity contribution in [2.24, 2.45) is 0 Å². The molecule has 142 valence electrons. The number of urea groups is 1. The lowest BCUT2D eigenvalue weighted by molar-refractivity contribution is -0.135. The number of amides is 4. The summed E-state index contributed by atoms with van der Waals surface area (Å²) in [5.74, 6) is -0.0827. The number of hydrogen-bond acceptors (Lipinski definition) is 4. The molecular weight excluding hydrogens is 346 g/mol. The summed E-state index contributed by atoms with van der Waals surface area (Å²) in [4.78, 5) is 38.4. The number of benzene rings is 1. The smallest absolute Gasteiger partial charge is 0.325 e. The Bertz CT molecular complexity index is 845. The number of furan rings is 1. The van der Waals surface area contributed by atoms with Crippen LogP contribution in [0, 0.1) is 6.92 Å². The summed E-state index contributed by atoms with van der Waals surface area (Å²) in [7, 11) is 0. The first-order valence-corrected chi connectivity index (χ1v) is 8.82. The van der Waals surface area contributed by atoms with Gasteiger partial charge in [-0.25, -0.2) is 4.79 Å². The number of nitrogens with one attached hydrogen (secondary N) is 2. The van der Waals surface area contributed by atoms with E-state index in [1.54, 1.807) is 19.3 Å². The Morgan fingerprint density at radius 2 is 1.96 bits per heavy atom. The van der Waals surface area contributed by atoms with Gasteiger partial charge in [0, 0.05) is 12.5 Å². The lowest BCUT2D eigenvalue weighted by Gasteiger charge is -2.22. The van der Waals surface area contributed by atoms with Gasteiger partial charge in [0.25, 0.3) is 5.91 Å². The van der Waals surface area contributed by atoms with Crippen LogP contribution in [0.3, 0.4) is 0 Å². The molecule has 0 spiro atoms. The number of rotatable bonds is 6. The predicted molar refractivity (Wildman–Crippen MR) is 98.8 cm³/mol. The van der Waals surface area contributed by atoms with Crippen LogP contribution in [0.5, 0.6) is 0 Å². The molecule has 1 fully saturated rings. The summed E-state index contributed by atoms with van der Waals surface area (Å²) < 4.78 is 5.26. The number of carbonyl (C=O) groups is 3.